The fourth-order valence-electron chi connectivity index (χ4n) is 3.61. The van der Waals surface area contributed by atoms with Gasteiger partial charge >= 0.3 is 0 Å². The third-order valence-electron chi connectivity index (χ3n) is 5.11. The van der Waals surface area contributed by atoms with E-state index in [-0.39, 0.29) is 11.8 Å². The van der Waals surface area contributed by atoms with Crippen LogP contribution in [0.25, 0.3) is 11.2 Å². The van der Waals surface area contributed by atoms with Crippen LogP contribution in [0.2, 0.25) is 0 Å². The van der Waals surface area contributed by atoms with Crippen LogP contribution in [0.1, 0.15) is 40.0 Å². The third-order valence-corrected chi connectivity index (χ3v) is 5.11. The van der Waals surface area contributed by atoms with Crippen molar-refractivity contribution in [1.29, 1.82) is 0 Å². The van der Waals surface area contributed by atoms with Crippen molar-refractivity contribution < 1.29 is 13.9 Å². The molecule has 0 radical (unpaired) electrons. The highest BCUT2D eigenvalue weighted by molar-refractivity contribution is 5.96. The van der Waals surface area contributed by atoms with Gasteiger partial charge in [-0.3, -0.25) is 4.79 Å². The van der Waals surface area contributed by atoms with Crippen molar-refractivity contribution in [2.24, 2.45) is 7.05 Å². The molecule has 134 valence electrons. The highest BCUT2D eigenvalue weighted by Crippen LogP contribution is 2.29. The first kappa shape index (κ1) is 15.5. The number of oxazole rings is 1. The molecule has 0 saturated carbocycles. The Morgan fingerprint density at radius 1 is 1.35 bits per heavy atom. The number of rotatable bonds is 2. The molecule has 1 fully saturated rings. The van der Waals surface area contributed by atoms with Gasteiger partial charge in [-0.15, -0.1) is 0 Å². The van der Waals surface area contributed by atoms with Crippen molar-refractivity contribution in [1.82, 2.24) is 24.4 Å². The van der Waals surface area contributed by atoms with Crippen molar-refractivity contribution >= 4 is 17.1 Å². The zero-order chi connectivity index (χ0) is 17.7. The number of aromatic nitrogens is 4. The van der Waals surface area contributed by atoms with Crippen molar-refractivity contribution in [2.45, 2.75) is 25.3 Å². The lowest BCUT2D eigenvalue weighted by molar-refractivity contribution is 0.0727. The average molecular weight is 353 g/mol. The van der Waals surface area contributed by atoms with E-state index in [2.05, 4.69) is 15.0 Å². The number of carbonyl (C=O) groups excluding carboxylic acids is 1. The summed E-state index contributed by atoms with van der Waals surface area (Å²) in [5.74, 6) is 1.83. The normalized spacial score (nSPS) is 19.9. The van der Waals surface area contributed by atoms with Gasteiger partial charge in [0.1, 0.15) is 17.0 Å². The maximum atomic E-state index is 12.9. The minimum Gasteiger partial charge on any atom is -0.445 e. The van der Waals surface area contributed by atoms with Crippen LogP contribution in [0.5, 0.6) is 0 Å². The lowest BCUT2D eigenvalue weighted by Gasteiger charge is -2.25. The van der Waals surface area contributed by atoms with Gasteiger partial charge in [-0.25, -0.2) is 15.0 Å². The molecular weight excluding hydrogens is 334 g/mol. The number of carbonyl (C=O) groups is 1. The second-order valence-corrected chi connectivity index (χ2v) is 6.88. The molecular formula is C18H19N5O3. The van der Waals surface area contributed by atoms with E-state index in [0.29, 0.717) is 31.7 Å². The molecule has 0 spiro atoms. The zero-order valence-electron chi connectivity index (χ0n) is 14.5. The average Bonchev–Trinajstić information content (AvgIpc) is 3.39. The maximum absolute atomic E-state index is 12.9. The fraction of sp³-hybridized carbons (Fsp3) is 0.444. The van der Waals surface area contributed by atoms with Crippen molar-refractivity contribution in [3.05, 3.63) is 41.5 Å². The van der Waals surface area contributed by atoms with Crippen LogP contribution in [0.15, 0.2) is 23.0 Å². The Kier molecular flexibility index (Phi) is 3.53. The SMILES string of the molecule is Cn1cnc2cc(C(=O)N3CCc4oc(C5CCOC5)nc4C3)cnc21. The molecule has 1 amide bonds. The third kappa shape index (κ3) is 2.48. The Hall–Kier alpha value is -2.74. The van der Waals surface area contributed by atoms with E-state index in [1.165, 1.54) is 0 Å². The molecule has 2 aliphatic heterocycles. The standard InChI is InChI=1S/C18H19N5O3/c1-22-10-20-13-6-12(7-19-16(13)22)18(24)23-4-2-15-14(8-23)21-17(26-15)11-3-5-25-9-11/h6-7,10-11H,2-5,8-9H2,1H3. The number of imidazole rings is 1. The highest BCUT2D eigenvalue weighted by atomic mass is 16.5. The summed E-state index contributed by atoms with van der Waals surface area (Å²) in [5, 5.41) is 0. The van der Waals surface area contributed by atoms with Gasteiger partial charge in [0.25, 0.3) is 5.91 Å². The molecule has 0 bridgehead atoms. The first-order valence-electron chi connectivity index (χ1n) is 8.81. The summed E-state index contributed by atoms with van der Waals surface area (Å²) in [5.41, 5.74) is 2.90. The number of hydrogen-bond donors (Lipinski definition) is 0. The van der Waals surface area contributed by atoms with Crippen LogP contribution >= 0.6 is 0 Å². The summed E-state index contributed by atoms with van der Waals surface area (Å²) in [7, 11) is 1.88. The minimum absolute atomic E-state index is 0.0514. The minimum atomic E-state index is -0.0514. The molecule has 8 heteroatoms. The molecule has 2 aliphatic rings. The molecule has 1 unspecified atom stereocenters. The lowest BCUT2D eigenvalue weighted by Crippen LogP contribution is -2.35. The molecule has 3 aromatic heterocycles. The van der Waals surface area contributed by atoms with Crippen molar-refractivity contribution in [2.75, 3.05) is 19.8 Å². The van der Waals surface area contributed by atoms with E-state index >= 15 is 0 Å². The van der Waals surface area contributed by atoms with Gasteiger partial charge in [-0.1, -0.05) is 0 Å². The Morgan fingerprint density at radius 3 is 3.12 bits per heavy atom. The van der Waals surface area contributed by atoms with Crippen molar-refractivity contribution in [3.63, 3.8) is 0 Å². The van der Waals surface area contributed by atoms with Gasteiger partial charge in [0.2, 0.25) is 0 Å². The second kappa shape index (κ2) is 5.91. The Morgan fingerprint density at radius 2 is 2.27 bits per heavy atom. The molecule has 0 N–H and O–H groups in total. The van der Waals surface area contributed by atoms with Gasteiger partial charge in [-0.05, 0) is 12.5 Å². The monoisotopic (exact) mass is 353 g/mol. The summed E-state index contributed by atoms with van der Waals surface area (Å²) < 4.78 is 13.2. The Balaban J connectivity index is 1.38. The number of amides is 1. The number of hydrogen-bond acceptors (Lipinski definition) is 6. The van der Waals surface area contributed by atoms with Crippen LogP contribution in [0.4, 0.5) is 0 Å². The lowest BCUT2D eigenvalue weighted by atomic mass is 10.1. The smallest absolute Gasteiger partial charge is 0.255 e. The quantitative estimate of drug-likeness (QED) is 0.696. The molecule has 0 aliphatic carbocycles. The second-order valence-electron chi connectivity index (χ2n) is 6.88. The van der Waals surface area contributed by atoms with Gasteiger partial charge < -0.3 is 18.6 Å². The van der Waals surface area contributed by atoms with Gasteiger partial charge in [0.05, 0.1) is 31.0 Å². The highest BCUT2D eigenvalue weighted by Gasteiger charge is 2.30. The van der Waals surface area contributed by atoms with Crippen LogP contribution in [0, 0.1) is 0 Å². The van der Waals surface area contributed by atoms with E-state index in [0.717, 1.165) is 41.5 Å². The summed E-state index contributed by atoms with van der Waals surface area (Å²) in [6.07, 6.45) is 4.94. The van der Waals surface area contributed by atoms with E-state index in [1.807, 2.05) is 11.6 Å². The molecule has 8 nitrogen and oxygen atoms in total. The maximum Gasteiger partial charge on any atom is 0.255 e. The number of fused-ring (bicyclic) bond motifs is 2. The van der Waals surface area contributed by atoms with Crippen molar-refractivity contribution in [3.8, 4) is 0 Å². The van der Waals surface area contributed by atoms with E-state index < -0.39 is 0 Å². The summed E-state index contributed by atoms with van der Waals surface area (Å²) >= 11 is 0. The van der Waals surface area contributed by atoms with Crippen LogP contribution < -0.4 is 0 Å². The fourth-order valence-corrected chi connectivity index (χ4v) is 3.61. The van der Waals surface area contributed by atoms with Gasteiger partial charge in [0.15, 0.2) is 11.5 Å². The molecule has 1 atom stereocenters. The largest absolute Gasteiger partial charge is 0.445 e. The molecule has 3 aromatic rings. The van der Waals surface area contributed by atoms with Crippen LogP contribution in [0.3, 0.4) is 0 Å². The number of ether oxygens (including phenoxy) is 1. The first-order valence-corrected chi connectivity index (χ1v) is 8.81. The topological polar surface area (TPSA) is 86.3 Å². The van der Waals surface area contributed by atoms with E-state index in [9.17, 15) is 4.79 Å². The first-order chi connectivity index (χ1) is 12.7. The zero-order valence-corrected chi connectivity index (χ0v) is 14.5. The van der Waals surface area contributed by atoms with Gasteiger partial charge in [0, 0.05) is 32.8 Å². The van der Waals surface area contributed by atoms with E-state index in [4.69, 9.17) is 9.15 Å². The predicted molar refractivity (Wildman–Crippen MR) is 91.6 cm³/mol. The summed E-state index contributed by atoms with van der Waals surface area (Å²) in [4.78, 5) is 28.0. The van der Waals surface area contributed by atoms with Crippen LogP contribution in [-0.2, 0) is 24.8 Å². The predicted octanol–water partition coefficient (Wildman–Crippen LogP) is 1.66. The number of aryl methyl sites for hydroxylation is 1. The summed E-state index contributed by atoms with van der Waals surface area (Å²) in [6.45, 7) is 2.50. The number of pyridine rings is 1. The molecule has 5 rings (SSSR count). The molecule has 0 aromatic carbocycles. The van der Waals surface area contributed by atoms with Gasteiger partial charge in [-0.2, -0.15) is 0 Å². The van der Waals surface area contributed by atoms with Crippen LogP contribution in [-0.4, -0.2) is 50.1 Å². The number of nitrogens with zero attached hydrogens (tertiary/aromatic N) is 5. The molecule has 26 heavy (non-hydrogen) atoms. The molecule has 1 saturated heterocycles. The van der Waals surface area contributed by atoms with E-state index in [1.54, 1.807) is 23.5 Å². The summed E-state index contributed by atoms with van der Waals surface area (Å²) in [6, 6.07) is 1.80. The Labute approximate surface area is 149 Å². The molecule has 5 heterocycles. The Bertz CT molecular complexity index is 986.